The number of amides is 1. The van der Waals surface area contributed by atoms with Gasteiger partial charge in [0.15, 0.2) is 0 Å². The zero-order valence-electron chi connectivity index (χ0n) is 8.40. The lowest BCUT2D eigenvalue weighted by atomic mass is 10.2. The number of aromatic nitrogens is 2. The highest BCUT2D eigenvalue weighted by Crippen LogP contribution is 2.17. The second-order valence-electron chi connectivity index (χ2n) is 3.38. The number of carbonyl (C=O) groups is 1. The molecule has 2 aromatic rings. The van der Waals surface area contributed by atoms with Gasteiger partial charge in [0.25, 0.3) is 0 Å². The van der Waals surface area contributed by atoms with Gasteiger partial charge < -0.3 is 10.7 Å². The van der Waals surface area contributed by atoms with Crippen molar-refractivity contribution >= 4 is 5.91 Å². The van der Waals surface area contributed by atoms with Crippen LogP contribution < -0.4 is 5.73 Å². The third kappa shape index (κ3) is 2.25. The minimum atomic E-state index is -0.444. The topological polar surface area (TPSA) is 71.8 Å². The van der Waals surface area contributed by atoms with Gasteiger partial charge in [0.1, 0.15) is 11.6 Å². The van der Waals surface area contributed by atoms with E-state index in [1.54, 1.807) is 18.3 Å². The second kappa shape index (κ2) is 4.14. The molecule has 3 N–H and O–H groups in total. The largest absolute Gasteiger partial charge is 0.369 e. The van der Waals surface area contributed by atoms with Gasteiger partial charge in [0, 0.05) is 11.8 Å². The summed E-state index contributed by atoms with van der Waals surface area (Å²) in [6.45, 7) is 0. The molecule has 0 bridgehead atoms. The number of rotatable bonds is 3. The van der Waals surface area contributed by atoms with E-state index < -0.39 is 5.91 Å². The molecule has 0 radical (unpaired) electrons. The highest BCUT2D eigenvalue weighted by atomic mass is 19.1. The Morgan fingerprint density at radius 3 is 2.69 bits per heavy atom. The Balaban J connectivity index is 2.24. The molecule has 5 heteroatoms. The van der Waals surface area contributed by atoms with Crippen molar-refractivity contribution in [3.8, 4) is 11.3 Å². The monoisotopic (exact) mass is 219 g/mol. The van der Waals surface area contributed by atoms with Crippen LogP contribution in [0.2, 0.25) is 0 Å². The van der Waals surface area contributed by atoms with Crippen LogP contribution in [0.4, 0.5) is 4.39 Å². The van der Waals surface area contributed by atoms with Crippen molar-refractivity contribution in [1.29, 1.82) is 0 Å². The molecule has 1 aromatic heterocycles. The Bertz CT molecular complexity index is 504. The Kier molecular flexibility index (Phi) is 2.68. The summed E-state index contributed by atoms with van der Waals surface area (Å²) in [4.78, 5) is 17.7. The van der Waals surface area contributed by atoms with Crippen LogP contribution in [0.1, 0.15) is 5.82 Å². The first-order valence-electron chi connectivity index (χ1n) is 4.73. The number of H-pyrrole nitrogens is 1. The first kappa shape index (κ1) is 10.4. The van der Waals surface area contributed by atoms with E-state index in [9.17, 15) is 9.18 Å². The number of benzene rings is 1. The van der Waals surface area contributed by atoms with Gasteiger partial charge in [-0.05, 0) is 24.3 Å². The van der Waals surface area contributed by atoms with E-state index in [0.29, 0.717) is 11.5 Å². The molecule has 1 amide bonds. The summed E-state index contributed by atoms with van der Waals surface area (Å²) >= 11 is 0. The molecule has 0 aliphatic heterocycles. The number of nitrogens with two attached hydrogens (primary N) is 1. The molecule has 0 aliphatic carbocycles. The molecule has 1 heterocycles. The lowest BCUT2D eigenvalue weighted by Gasteiger charge is -1.95. The van der Waals surface area contributed by atoms with Crippen LogP contribution in [-0.2, 0) is 11.2 Å². The minimum Gasteiger partial charge on any atom is -0.369 e. The van der Waals surface area contributed by atoms with E-state index in [1.165, 1.54) is 12.1 Å². The van der Waals surface area contributed by atoms with Crippen LogP contribution in [0.3, 0.4) is 0 Å². The van der Waals surface area contributed by atoms with Gasteiger partial charge in [-0.1, -0.05) is 0 Å². The van der Waals surface area contributed by atoms with Crippen LogP contribution in [0, 0.1) is 5.82 Å². The summed E-state index contributed by atoms with van der Waals surface area (Å²) in [5, 5.41) is 0. The number of nitrogens with one attached hydrogen (secondary N) is 1. The molecule has 1 aromatic carbocycles. The average Bonchev–Trinajstić information content (AvgIpc) is 2.66. The molecule has 82 valence electrons. The Labute approximate surface area is 91.3 Å². The predicted octanol–water partition coefficient (Wildman–Crippen LogP) is 1.24. The van der Waals surface area contributed by atoms with Gasteiger partial charge in [0.05, 0.1) is 12.1 Å². The smallest absolute Gasteiger partial charge is 0.225 e. The van der Waals surface area contributed by atoms with Crippen LogP contribution in [0.5, 0.6) is 0 Å². The summed E-state index contributed by atoms with van der Waals surface area (Å²) in [5.41, 5.74) is 6.49. The summed E-state index contributed by atoms with van der Waals surface area (Å²) in [6.07, 6.45) is 1.73. The van der Waals surface area contributed by atoms with Gasteiger partial charge in [-0.3, -0.25) is 4.79 Å². The fraction of sp³-hybridized carbons (Fsp3) is 0.0909. The normalized spacial score (nSPS) is 10.3. The van der Waals surface area contributed by atoms with Gasteiger partial charge in [0.2, 0.25) is 5.91 Å². The summed E-state index contributed by atoms with van der Waals surface area (Å²) in [5.74, 6) is -0.233. The van der Waals surface area contributed by atoms with E-state index in [2.05, 4.69) is 9.97 Å². The van der Waals surface area contributed by atoms with Crippen molar-refractivity contribution in [1.82, 2.24) is 9.97 Å². The first-order valence-corrected chi connectivity index (χ1v) is 4.73. The maximum atomic E-state index is 12.7. The number of carbonyl (C=O) groups excluding carboxylic acids is 1. The lowest BCUT2D eigenvalue weighted by Crippen LogP contribution is -2.14. The second-order valence-corrected chi connectivity index (χ2v) is 3.38. The quantitative estimate of drug-likeness (QED) is 0.815. The molecule has 0 unspecified atom stereocenters. The molecule has 0 aliphatic rings. The average molecular weight is 219 g/mol. The van der Waals surface area contributed by atoms with Crippen LogP contribution >= 0.6 is 0 Å². The number of nitrogens with zero attached hydrogens (tertiary/aromatic N) is 1. The Morgan fingerprint density at radius 2 is 2.06 bits per heavy atom. The molecule has 0 atom stereocenters. The molecular formula is C11H10FN3O. The number of hydrogen-bond donors (Lipinski definition) is 2. The molecule has 4 nitrogen and oxygen atoms in total. The molecule has 16 heavy (non-hydrogen) atoms. The van der Waals surface area contributed by atoms with Crippen LogP contribution in [-0.4, -0.2) is 15.9 Å². The standard InChI is InChI=1S/C11H10FN3O/c12-8-3-1-7(2-4-8)9-6-14-11(15-9)5-10(13)16/h1-4,6H,5H2,(H2,13,16)(H,14,15). The maximum absolute atomic E-state index is 12.7. The van der Waals surface area contributed by atoms with Crippen molar-refractivity contribution in [3.63, 3.8) is 0 Å². The summed E-state index contributed by atoms with van der Waals surface area (Å²) in [7, 11) is 0. The number of imidazole rings is 1. The van der Waals surface area contributed by atoms with Crippen LogP contribution in [0.15, 0.2) is 30.5 Å². The third-order valence-corrected chi connectivity index (χ3v) is 2.11. The van der Waals surface area contributed by atoms with Crippen molar-refractivity contribution in [2.24, 2.45) is 5.73 Å². The predicted molar refractivity (Wildman–Crippen MR) is 56.9 cm³/mol. The molecule has 0 spiro atoms. The zero-order valence-corrected chi connectivity index (χ0v) is 8.40. The summed E-state index contributed by atoms with van der Waals surface area (Å²) in [6, 6.07) is 5.97. The maximum Gasteiger partial charge on any atom is 0.225 e. The van der Waals surface area contributed by atoms with Crippen LogP contribution in [0.25, 0.3) is 11.3 Å². The van der Waals surface area contributed by atoms with Gasteiger partial charge in [-0.2, -0.15) is 0 Å². The fourth-order valence-electron chi connectivity index (χ4n) is 1.39. The number of primary amides is 1. The van der Waals surface area contributed by atoms with E-state index in [1.807, 2.05) is 0 Å². The Hall–Kier alpha value is -2.17. The molecule has 0 fully saturated rings. The van der Waals surface area contributed by atoms with Gasteiger partial charge in [-0.25, -0.2) is 9.37 Å². The van der Waals surface area contributed by atoms with E-state index in [-0.39, 0.29) is 12.2 Å². The minimum absolute atomic E-state index is 0.0706. The third-order valence-electron chi connectivity index (χ3n) is 2.11. The van der Waals surface area contributed by atoms with E-state index in [0.717, 1.165) is 5.56 Å². The first-order chi connectivity index (χ1) is 7.65. The lowest BCUT2D eigenvalue weighted by molar-refractivity contribution is -0.117. The highest BCUT2D eigenvalue weighted by Gasteiger charge is 2.06. The van der Waals surface area contributed by atoms with Crippen molar-refractivity contribution in [2.45, 2.75) is 6.42 Å². The van der Waals surface area contributed by atoms with E-state index in [4.69, 9.17) is 5.73 Å². The number of aromatic amines is 1. The molecule has 0 saturated carbocycles. The van der Waals surface area contributed by atoms with E-state index >= 15 is 0 Å². The summed E-state index contributed by atoms with van der Waals surface area (Å²) < 4.78 is 12.7. The SMILES string of the molecule is NC(=O)Cc1nc(-c2ccc(F)cc2)c[nH]1. The Morgan fingerprint density at radius 1 is 1.38 bits per heavy atom. The zero-order chi connectivity index (χ0) is 11.5. The fourth-order valence-corrected chi connectivity index (χ4v) is 1.39. The van der Waals surface area contributed by atoms with Crippen molar-refractivity contribution < 1.29 is 9.18 Å². The number of hydrogen-bond acceptors (Lipinski definition) is 2. The molecule has 2 rings (SSSR count). The molecular weight excluding hydrogens is 209 g/mol. The van der Waals surface area contributed by atoms with Gasteiger partial charge >= 0.3 is 0 Å². The van der Waals surface area contributed by atoms with Crippen molar-refractivity contribution in [3.05, 3.63) is 42.1 Å². The van der Waals surface area contributed by atoms with Crippen molar-refractivity contribution in [2.75, 3.05) is 0 Å². The molecule has 0 saturated heterocycles. The highest BCUT2D eigenvalue weighted by molar-refractivity contribution is 5.76. The number of halogens is 1. The van der Waals surface area contributed by atoms with Gasteiger partial charge in [-0.15, -0.1) is 0 Å².